The Morgan fingerprint density at radius 3 is 2.94 bits per heavy atom. The molecule has 0 saturated heterocycles. The van der Waals surface area contributed by atoms with E-state index in [9.17, 15) is 5.11 Å². The van der Waals surface area contributed by atoms with E-state index in [1.807, 2.05) is 30.1 Å². The molecule has 0 aromatic heterocycles. The van der Waals surface area contributed by atoms with Gasteiger partial charge in [-0.25, -0.2) is 0 Å². The summed E-state index contributed by atoms with van der Waals surface area (Å²) in [5, 5.41) is 18.1. The van der Waals surface area contributed by atoms with Gasteiger partial charge in [-0.2, -0.15) is 5.26 Å². The Bertz CT molecular complexity index is 376. The number of alkyl halides is 1. The van der Waals surface area contributed by atoms with Crippen LogP contribution in [0.2, 0.25) is 0 Å². The molecule has 1 N–H and O–H groups in total. The first-order valence-corrected chi connectivity index (χ1v) is 5.60. The van der Waals surface area contributed by atoms with Gasteiger partial charge in [0.25, 0.3) is 0 Å². The Kier molecular flexibility index (Phi) is 5.27. The number of aliphatic hydroxyl groups excluding tert-OH is 1. The molecule has 1 atom stereocenters. The highest BCUT2D eigenvalue weighted by Crippen LogP contribution is 2.07. The summed E-state index contributed by atoms with van der Waals surface area (Å²) in [6.45, 7) is 1.23. The molecule has 0 aliphatic carbocycles. The van der Waals surface area contributed by atoms with Gasteiger partial charge in [0.2, 0.25) is 0 Å². The van der Waals surface area contributed by atoms with Crippen LogP contribution in [0.3, 0.4) is 0 Å². The topological polar surface area (TPSA) is 47.3 Å². The molecule has 1 unspecified atom stereocenters. The molecule has 4 heteroatoms. The van der Waals surface area contributed by atoms with E-state index in [1.54, 1.807) is 6.07 Å². The van der Waals surface area contributed by atoms with E-state index >= 15 is 0 Å². The first-order chi connectivity index (χ1) is 7.65. The van der Waals surface area contributed by atoms with Gasteiger partial charge in [-0.05, 0) is 24.7 Å². The molecular formula is C12H15ClN2O. The van der Waals surface area contributed by atoms with Crippen LogP contribution in [0.1, 0.15) is 11.1 Å². The second kappa shape index (κ2) is 6.49. The summed E-state index contributed by atoms with van der Waals surface area (Å²) < 4.78 is 0. The fourth-order valence-corrected chi connectivity index (χ4v) is 1.62. The zero-order chi connectivity index (χ0) is 12.0. The number of halogens is 1. The van der Waals surface area contributed by atoms with Crippen LogP contribution in [0, 0.1) is 11.3 Å². The summed E-state index contributed by atoms with van der Waals surface area (Å²) >= 11 is 5.53. The maximum Gasteiger partial charge on any atom is 0.0991 e. The van der Waals surface area contributed by atoms with Crippen LogP contribution in [0.4, 0.5) is 0 Å². The molecule has 1 rings (SSSR count). The average Bonchev–Trinajstić information content (AvgIpc) is 2.28. The zero-order valence-corrected chi connectivity index (χ0v) is 9.98. The van der Waals surface area contributed by atoms with Gasteiger partial charge in [0, 0.05) is 19.0 Å². The van der Waals surface area contributed by atoms with Gasteiger partial charge in [-0.1, -0.05) is 12.1 Å². The summed E-state index contributed by atoms with van der Waals surface area (Å²) in [6.07, 6.45) is -0.509. The number of aliphatic hydroxyl groups is 1. The Morgan fingerprint density at radius 1 is 1.56 bits per heavy atom. The molecule has 1 aromatic rings. The zero-order valence-electron chi connectivity index (χ0n) is 9.23. The lowest BCUT2D eigenvalue weighted by molar-refractivity contribution is 0.141. The SMILES string of the molecule is CN(Cc1cccc(C#N)c1)CC(O)CCl. The Hall–Kier alpha value is -1.08. The number of rotatable bonds is 5. The molecule has 0 radical (unpaired) electrons. The molecule has 0 bridgehead atoms. The molecule has 0 heterocycles. The minimum atomic E-state index is -0.509. The van der Waals surface area contributed by atoms with Crippen molar-refractivity contribution in [2.75, 3.05) is 19.5 Å². The molecule has 0 aliphatic rings. The fraction of sp³-hybridized carbons (Fsp3) is 0.417. The van der Waals surface area contributed by atoms with Gasteiger partial charge in [0.05, 0.1) is 17.7 Å². The van der Waals surface area contributed by atoms with E-state index in [2.05, 4.69) is 6.07 Å². The highest BCUT2D eigenvalue weighted by atomic mass is 35.5. The normalized spacial score (nSPS) is 12.4. The Balaban J connectivity index is 2.56. The van der Waals surface area contributed by atoms with Crippen molar-refractivity contribution >= 4 is 11.6 Å². The molecular weight excluding hydrogens is 224 g/mol. The fourth-order valence-electron chi connectivity index (χ4n) is 1.52. The number of benzene rings is 1. The van der Waals surface area contributed by atoms with Crippen molar-refractivity contribution in [3.8, 4) is 6.07 Å². The van der Waals surface area contributed by atoms with Crippen molar-refractivity contribution in [2.45, 2.75) is 12.6 Å². The molecule has 0 spiro atoms. The van der Waals surface area contributed by atoms with Crippen LogP contribution < -0.4 is 0 Å². The first kappa shape index (κ1) is 13.0. The first-order valence-electron chi connectivity index (χ1n) is 5.07. The lowest BCUT2D eigenvalue weighted by Crippen LogP contribution is -2.29. The van der Waals surface area contributed by atoms with Crippen molar-refractivity contribution in [3.63, 3.8) is 0 Å². The molecule has 0 fully saturated rings. The lowest BCUT2D eigenvalue weighted by atomic mass is 10.1. The molecule has 3 nitrogen and oxygen atoms in total. The largest absolute Gasteiger partial charge is 0.391 e. The van der Waals surface area contributed by atoms with Crippen LogP contribution >= 0.6 is 11.6 Å². The third-order valence-corrected chi connectivity index (χ3v) is 2.57. The quantitative estimate of drug-likeness (QED) is 0.793. The van der Waals surface area contributed by atoms with E-state index in [0.29, 0.717) is 18.7 Å². The second-order valence-corrected chi connectivity index (χ2v) is 4.13. The Morgan fingerprint density at radius 2 is 2.31 bits per heavy atom. The predicted octanol–water partition coefficient (Wildman–Crippen LogP) is 1.59. The van der Waals surface area contributed by atoms with Crippen LogP contribution in [0.25, 0.3) is 0 Å². The molecule has 0 amide bonds. The van der Waals surface area contributed by atoms with E-state index < -0.39 is 6.10 Å². The van der Waals surface area contributed by atoms with Gasteiger partial charge in [-0.15, -0.1) is 11.6 Å². The summed E-state index contributed by atoms with van der Waals surface area (Å²) in [6, 6.07) is 9.55. The monoisotopic (exact) mass is 238 g/mol. The van der Waals surface area contributed by atoms with Gasteiger partial charge >= 0.3 is 0 Å². The van der Waals surface area contributed by atoms with Crippen molar-refractivity contribution in [3.05, 3.63) is 35.4 Å². The standard InChI is InChI=1S/C12H15ClN2O/c1-15(9-12(16)6-13)8-11-4-2-3-10(5-11)7-14/h2-5,12,16H,6,8-9H2,1H3. The van der Waals surface area contributed by atoms with Crippen LogP contribution in [0.5, 0.6) is 0 Å². The number of hydrogen-bond donors (Lipinski definition) is 1. The predicted molar refractivity (Wildman–Crippen MR) is 64.2 cm³/mol. The molecule has 86 valence electrons. The van der Waals surface area contributed by atoms with Crippen molar-refractivity contribution in [2.24, 2.45) is 0 Å². The summed E-state index contributed by atoms with van der Waals surface area (Å²) in [5.41, 5.74) is 1.71. The van der Waals surface area contributed by atoms with Crippen molar-refractivity contribution in [1.29, 1.82) is 5.26 Å². The maximum atomic E-state index is 9.38. The maximum absolute atomic E-state index is 9.38. The molecule has 1 aromatic carbocycles. The molecule has 16 heavy (non-hydrogen) atoms. The Labute approximate surface area is 101 Å². The molecule has 0 aliphatic heterocycles. The number of nitriles is 1. The van der Waals surface area contributed by atoms with E-state index in [0.717, 1.165) is 5.56 Å². The van der Waals surface area contributed by atoms with E-state index in [-0.39, 0.29) is 5.88 Å². The van der Waals surface area contributed by atoms with Gasteiger partial charge in [0.15, 0.2) is 0 Å². The van der Waals surface area contributed by atoms with Gasteiger partial charge in [-0.3, -0.25) is 4.90 Å². The summed E-state index contributed by atoms with van der Waals surface area (Å²) in [7, 11) is 1.91. The van der Waals surface area contributed by atoms with E-state index in [1.165, 1.54) is 0 Å². The number of hydrogen-bond acceptors (Lipinski definition) is 3. The van der Waals surface area contributed by atoms with E-state index in [4.69, 9.17) is 16.9 Å². The van der Waals surface area contributed by atoms with Gasteiger partial charge in [0.1, 0.15) is 0 Å². The minimum absolute atomic E-state index is 0.239. The minimum Gasteiger partial charge on any atom is -0.391 e. The summed E-state index contributed by atoms with van der Waals surface area (Å²) in [4.78, 5) is 1.98. The summed E-state index contributed by atoms with van der Waals surface area (Å²) in [5.74, 6) is 0.239. The number of likely N-dealkylation sites (N-methyl/N-ethyl adjacent to an activating group) is 1. The lowest BCUT2D eigenvalue weighted by Gasteiger charge is -2.19. The third-order valence-electron chi connectivity index (χ3n) is 2.21. The van der Waals surface area contributed by atoms with Crippen LogP contribution in [0.15, 0.2) is 24.3 Å². The third kappa shape index (κ3) is 4.19. The average molecular weight is 239 g/mol. The van der Waals surface area contributed by atoms with Crippen molar-refractivity contribution < 1.29 is 5.11 Å². The highest BCUT2D eigenvalue weighted by Gasteiger charge is 2.07. The van der Waals surface area contributed by atoms with Gasteiger partial charge < -0.3 is 5.11 Å². The number of nitrogens with zero attached hydrogens (tertiary/aromatic N) is 2. The second-order valence-electron chi connectivity index (χ2n) is 3.82. The molecule has 0 saturated carbocycles. The highest BCUT2D eigenvalue weighted by molar-refractivity contribution is 6.18. The van der Waals surface area contributed by atoms with Crippen LogP contribution in [-0.2, 0) is 6.54 Å². The smallest absolute Gasteiger partial charge is 0.0991 e. The van der Waals surface area contributed by atoms with Crippen LogP contribution in [-0.4, -0.2) is 35.6 Å². The van der Waals surface area contributed by atoms with Crippen molar-refractivity contribution in [1.82, 2.24) is 4.90 Å².